The smallest absolute Gasteiger partial charge is 0.246 e. The molecule has 2 aromatic rings. The molecule has 0 spiro atoms. The van der Waals surface area contributed by atoms with Gasteiger partial charge in [-0.3, -0.25) is 9.59 Å². The maximum Gasteiger partial charge on any atom is 0.246 e. The Morgan fingerprint density at radius 2 is 2.00 bits per heavy atom. The van der Waals surface area contributed by atoms with Crippen LogP contribution in [0.3, 0.4) is 0 Å². The first-order valence-corrected chi connectivity index (χ1v) is 8.22. The lowest BCUT2D eigenvalue weighted by Crippen LogP contribution is -2.44. The minimum Gasteiger partial charge on any atom is -0.354 e. The summed E-state index contributed by atoms with van der Waals surface area (Å²) in [6, 6.07) is 5.74. The zero-order chi connectivity index (χ0) is 17.4. The summed E-state index contributed by atoms with van der Waals surface area (Å²) in [4.78, 5) is 27.4. The predicted molar refractivity (Wildman–Crippen MR) is 84.5 cm³/mol. The molecule has 2 atom stereocenters. The lowest BCUT2D eigenvalue weighted by molar-refractivity contribution is -0.135. The summed E-state index contributed by atoms with van der Waals surface area (Å²) in [6.07, 6.45) is 2.07. The fourth-order valence-electron chi connectivity index (χ4n) is 3.51. The van der Waals surface area contributed by atoms with Gasteiger partial charge in [-0.25, -0.2) is 4.39 Å². The second kappa shape index (κ2) is 6.23. The summed E-state index contributed by atoms with van der Waals surface area (Å²) in [5.74, 6) is -0.135. The molecule has 2 bridgehead atoms. The quantitative estimate of drug-likeness (QED) is 0.868. The SMILES string of the molecule is O=C1C[C@H]2CC[C@@H](CN1)N2C(=O)Cn1nnc(-c2ccc(F)cc2)n1. The summed E-state index contributed by atoms with van der Waals surface area (Å²) >= 11 is 0. The van der Waals surface area contributed by atoms with Crippen LogP contribution in [-0.2, 0) is 16.1 Å². The van der Waals surface area contributed by atoms with Crippen LogP contribution >= 0.6 is 0 Å². The van der Waals surface area contributed by atoms with Gasteiger partial charge in [-0.1, -0.05) is 0 Å². The minimum absolute atomic E-state index is 0.0116. The highest BCUT2D eigenvalue weighted by Crippen LogP contribution is 2.28. The number of hydrogen-bond donors (Lipinski definition) is 1. The van der Waals surface area contributed by atoms with Gasteiger partial charge in [0.05, 0.1) is 0 Å². The minimum atomic E-state index is -0.342. The van der Waals surface area contributed by atoms with E-state index in [0.29, 0.717) is 24.4 Å². The molecule has 130 valence electrons. The molecule has 1 aromatic heterocycles. The van der Waals surface area contributed by atoms with Crippen molar-refractivity contribution in [2.45, 2.75) is 37.9 Å². The second-order valence-electron chi connectivity index (χ2n) is 6.34. The van der Waals surface area contributed by atoms with Gasteiger partial charge in [0.2, 0.25) is 17.6 Å². The Kier molecular flexibility index (Phi) is 3.90. The zero-order valence-corrected chi connectivity index (χ0v) is 13.4. The average molecular weight is 344 g/mol. The molecule has 9 heteroatoms. The number of aromatic nitrogens is 4. The summed E-state index contributed by atoms with van der Waals surface area (Å²) in [5, 5.41) is 14.9. The van der Waals surface area contributed by atoms with Gasteiger partial charge in [-0.15, -0.1) is 10.2 Å². The van der Waals surface area contributed by atoms with E-state index in [2.05, 4.69) is 20.7 Å². The number of rotatable bonds is 3. The molecule has 2 saturated heterocycles. The van der Waals surface area contributed by atoms with Crippen LogP contribution < -0.4 is 5.32 Å². The number of carbonyl (C=O) groups excluding carboxylic acids is 2. The molecule has 0 radical (unpaired) electrons. The third-order valence-electron chi connectivity index (χ3n) is 4.70. The lowest BCUT2D eigenvalue weighted by atomic mass is 10.1. The summed E-state index contributed by atoms with van der Waals surface area (Å²) in [7, 11) is 0. The number of benzene rings is 1. The fourth-order valence-corrected chi connectivity index (χ4v) is 3.51. The van der Waals surface area contributed by atoms with E-state index in [9.17, 15) is 14.0 Å². The van der Waals surface area contributed by atoms with E-state index in [1.165, 1.54) is 16.9 Å². The Morgan fingerprint density at radius 3 is 2.80 bits per heavy atom. The highest BCUT2D eigenvalue weighted by molar-refractivity contribution is 5.81. The fraction of sp³-hybridized carbons (Fsp3) is 0.438. The normalized spacial score (nSPS) is 22.6. The molecular formula is C16H17FN6O2. The standard InChI is InChI=1S/C16H17FN6O2/c17-11-3-1-10(2-4-11)16-19-21-22(20-16)9-15(25)23-12-5-6-13(23)8-18-14(24)7-12/h1-4,12-13H,5-9H2,(H,18,24)/t12-,13+/m1/s1. The molecule has 0 saturated carbocycles. The Hall–Kier alpha value is -2.84. The summed E-state index contributed by atoms with van der Waals surface area (Å²) in [5.41, 5.74) is 0.629. The van der Waals surface area contributed by atoms with Gasteiger partial charge in [-0.05, 0) is 42.3 Å². The van der Waals surface area contributed by atoms with E-state index in [1.54, 1.807) is 17.0 Å². The first kappa shape index (κ1) is 15.7. The van der Waals surface area contributed by atoms with Crippen molar-refractivity contribution in [2.24, 2.45) is 0 Å². The summed E-state index contributed by atoms with van der Waals surface area (Å²) < 4.78 is 13.0. The Morgan fingerprint density at radius 1 is 1.24 bits per heavy atom. The van der Waals surface area contributed by atoms with Gasteiger partial charge in [0.1, 0.15) is 12.4 Å². The predicted octanol–water partition coefficient (Wildman–Crippen LogP) is 0.359. The van der Waals surface area contributed by atoms with Crippen LogP contribution in [0.5, 0.6) is 0 Å². The van der Waals surface area contributed by atoms with Crippen LogP contribution in [0.2, 0.25) is 0 Å². The van der Waals surface area contributed by atoms with Gasteiger partial charge < -0.3 is 10.2 Å². The number of fused-ring (bicyclic) bond motifs is 2. The van der Waals surface area contributed by atoms with Crippen LogP contribution in [-0.4, -0.2) is 55.5 Å². The van der Waals surface area contributed by atoms with E-state index in [4.69, 9.17) is 0 Å². The number of hydrogen-bond acceptors (Lipinski definition) is 5. The maximum absolute atomic E-state index is 13.0. The van der Waals surface area contributed by atoms with Gasteiger partial charge in [0.25, 0.3) is 0 Å². The van der Waals surface area contributed by atoms with Crippen LogP contribution in [0.15, 0.2) is 24.3 Å². The molecule has 1 N–H and O–H groups in total. The molecule has 2 aliphatic heterocycles. The van der Waals surface area contributed by atoms with Gasteiger partial charge in [0.15, 0.2) is 0 Å². The number of nitrogens with zero attached hydrogens (tertiary/aromatic N) is 5. The molecule has 25 heavy (non-hydrogen) atoms. The largest absolute Gasteiger partial charge is 0.354 e. The van der Waals surface area contributed by atoms with Crippen molar-refractivity contribution in [3.8, 4) is 11.4 Å². The third-order valence-corrected chi connectivity index (χ3v) is 4.70. The van der Waals surface area contributed by atoms with Crippen LogP contribution in [0, 0.1) is 5.82 Å². The van der Waals surface area contributed by atoms with Gasteiger partial charge in [0, 0.05) is 30.6 Å². The van der Waals surface area contributed by atoms with Crippen LogP contribution in [0.1, 0.15) is 19.3 Å². The molecule has 2 aliphatic rings. The van der Waals surface area contributed by atoms with Crippen molar-refractivity contribution in [1.82, 2.24) is 30.4 Å². The van der Waals surface area contributed by atoms with Crippen molar-refractivity contribution in [2.75, 3.05) is 6.54 Å². The van der Waals surface area contributed by atoms with Crippen molar-refractivity contribution in [1.29, 1.82) is 0 Å². The first-order chi connectivity index (χ1) is 12.1. The van der Waals surface area contributed by atoms with Crippen LogP contribution in [0.4, 0.5) is 4.39 Å². The highest BCUT2D eigenvalue weighted by Gasteiger charge is 2.40. The number of amides is 2. The van der Waals surface area contributed by atoms with E-state index in [1.807, 2.05) is 0 Å². The van der Waals surface area contributed by atoms with Crippen molar-refractivity contribution >= 4 is 11.8 Å². The second-order valence-corrected chi connectivity index (χ2v) is 6.34. The number of halogens is 1. The average Bonchev–Trinajstić information content (AvgIpc) is 3.16. The van der Waals surface area contributed by atoms with Crippen LogP contribution in [0.25, 0.3) is 11.4 Å². The maximum atomic E-state index is 13.0. The molecule has 0 unspecified atom stereocenters. The molecule has 0 aliphatic carbocycles. The number of nitrogens with one attached hydrogen (secondary N) is 1. The Balaban J connectivity index is 1.48. The molecule has 2 amide bonds. The first-order valence-electron chi connectivity index (χ1n) is 8.22. The van der Waals surface area contributed by atoms with E-state index in [0.717, 1.165) is 12.8 Å². The molecule has 8 nitrogen and oxygen atoms in total. The molecular weight excluding hydrogens is 327 g/mol. The Bertz CT molecular complexity index is 805. The monoisotopic (exact) mass is 344 g/mol. The van der Waals surface area contributed by atoms with Gasteiger partial charge in [-0.2, -0.15) is 4.80 Å². The Labute approximate surface area is 143 Å². The van der Waals surface area contributed by atoms with Crippen molar-refractivity contribution in [3.63, 3.8) is 0 Å². The zero-order valence-electron chi connectivity index (χ0n) is 13.4. The topological polar surface area (TPSA) is 93.0 Å². The molecule has 1 aromatic carbocycles. The van der Waals surface area contributed by atoms with E-state index >= 15 is 0 Å². The van der Waals surface area contributed by atoms with Crippen molar-refractivity contribution < 1.29 is 14.0 Å². The van der Waals surface area contributed by atoms with E-state index < -0.39 is 0 Å². The van der Waals surface area contributed by atoms with E-state index in [-0.39, 0.29) is 36.3 Å². The van der Waals surface area contributed by atoms with Crippen molar-refractivity contribution in [3.05, 3.63) is 30.1 Å². The molecule has 4 rings (SSSR count). The molecule has 3 heterocycles. The number of carbonyl (C=O) groups is 2. The third kappa shape index (κ3) is 3.09. The van der Waals surface area contributed by atoms with Gasteiger partial charge >= 0.3 is 0 Å². The number of tetrazole rings is 1. The summed E-state index contributed by atoms with van der Waals surface area (Å²) in [6.45, 7) is 0.460. The highest BCUT2D eigenvalue weighted by atomic mass is 19.1. The molecule has 2 fully saturated rings. The lowest BCUT2D eigenvalue weighted by Gasteiger charge is -2.26.